The zero-order valence-electron chi connectivity index (χ0n) is 6.72. The molecule has 1 heterocycles. The summed E-state index contributed by atoms with van der Waals surface area (Å²) in [4.78, 5) is 19.3. The van der Waals surface area contributed by atoms with Gasteiger partial charge >= 0.3 is 5.69 Å². The molecule has 0 atom stereocenters. The molecule has 0 unspecified atom stereocenters. The Morgan fingerprint density at radius 2 is 2.58 bits per heavy atom. The lowest BCUT2D eigenvalue weighted by atomic mass is 10.5. The van der Waals surface area contributed by atoms with Gasteiger partial charge in [0.15, 0.2) is 5.96 Å². The number of nitrogens with two attached hydrogens (primary N) is 1. The van der Waals surface area contributed by atoms with Crippen LogP contribution < -0.4 is 16.7 Å². The Morgan fingerprint density at radius 3 is 3.08 bits per heavy atom. The van der Waals surface area contributed by atoms with Crippen LogP contribution in [-0.4, -0.2) is 23.0 Å². The van der Waals surface area contributed by atoms with E-state index in [0.29, 0.717) is 12.5 Å². The van der Waals surface area contributed by atoms with Crippen molar-refractivity contribution in [3.63, 3.8) is 0 Å². The van der Waals surface area contributed by atoms with Gasteiger partial charge in [-0.15, -0.1) is 0 Å². The predicted molar refractivity (Wildman–Crippen MR) is 45.8 cm³/mol. The second kappa shape index (κ2) is 3.61. The first-order valence-corrected chi connectivity index (χ1v) is 3.45. The maximum Gasteiger partial charge on any atom is 0.323 e. The predicted octanol–water partition coefficient (Wildman–Crippen LogP) is -1.26. The van der Waals surface area contributed by atoms with Gasteiger partial charge in [0.25, 0.3) is 0 Å². The molecule has 0 saturated carbocycles. The lowest BCUT2D eigenvalue weighted by molar-refractivity contribution is 0.868. The van der Waals surface area contributed by atoms with Gasteiger partial charge in [-0.3, -0.25) is 4.99 Å². The SMILES string of the molecule is CN=C(N)NCc1c[nH]c(=O)[nH]1. The highest BCUT2D eigenvalue weighted by atomic mass is 16.1. The number of aromatic nitrogens is 2. The number of nitrogens with zero attached hydrogens (tertiary/aromatic N) is 1. The molecule has 1 rings (SSSR count). The Morgan fingerprint density at radius 1 is 1.83 bits per heavy atom. The van der Waals surface area contributed by atoms with E-state index in [-0.39, 0.29) is 5.69 Å². The molecule has 0 fully saturated rings. The third-order valence-corrected chi connectivity index (χ3v) is 1.35. The zero-order valence-corrected chi connectivity index (χ0v) is 6.72. The van der Waals surface area contributed by atoms with E-state index in [4.69, 9.17) is 5.73 Å². The molecule has 0 bridgehead atoms. The van der Waals surface area contributed by atoms with Crippen molar-refractivity contribution in [3.05, 3.63) is 22.4 Å². The number of aromatic amines is 2. The molecule has 12 heavy (non-hydrogen) atoms. The highest BCUT2D eigenvalue weighted by Crippen LogP contribution is 1.84. The van der Waals surface area contributed by atoms with Crippen molar-refractivity contribution in [2.75, 3.05) is 7.05 Å². The van der Waals surface area contributed by atoms with Gasteiger partial charge in [0, 0.05) is 13.2 Å². The number of imidazole rings is 1. The molecule has 0 aliphatic carbocycles. The van der Waals surface area contributed by atoms with Gasteiger partial charge in [-0.25, -0.2) is 4.79 Å². The number of aliphatic imine (C=N–C) groups is 1. The monoisotopic (exact) mass is 169 g/mol. The molecular formula is C6H11N5O. The van der Waals surface area contributed by atoms with E-state index in [1.165, 1.54) is 0 Å². The Kier molecular flexibility index (Phi) is 2.52. The molecular weight excluding hydrogens is 158 g/mol. The van der Waals surface area contributed by atoms with E-state index in [1.54, 1.807) is 13.2 Å². The summed E-state index contributed by atoms with van der Waals surface area (Å²) in [6.07, 6.45) is 1.58. The summed E-state index contributed by atoms with van der Waals surface area (Å²) >= 11 is 0. The van der Waals surface area contributed by atoms with Crippen LogP contribution in [0.2, 0.25) is 0 Å². The van der Waals surface area contributed by atoms with Crippen molar-refractivity contribution in [1.29, 1.82) is 0 Å². The fraction of sp³-hybridized carbons (Fsp3) is 0.333. The first-order chi connectivity index (χ1) is 5.72. The third-order valence-electron chi connectivity index (χ3n) is 1.35. The number of nitrogens with one attached hydrogen (secondary N) is 3. The number of hydrogen-bond acceptors (Lipinski definition) is 2. The van der Waals surface area contributed by atoms with Gasteiger partial charge in [0.2, 0.25) is 0 Å². The van der Waals surface area contributed by atoms with Crippen LogP contribution in [0.4, 0.5) is 0 Å². The summed E-state index contributed by atoms with van der Waals surface area (Å²) < 4.78 is 0. The lowest BCUT2D eigenvalue weighted by Gasteiger charge is -2.00. The van der Waals surface area contributed by atoms with Crippen LogP contribution in [0.3, 0.4) is 0 Å². The third kappa shape index (κ3) is 2.15. The molecule has 5 N–H and O–H groups in total. The van der Waals surface area contributed by atoms with Crippen LogP contribution in [0.5, 0.6) is 0 Å². The molecule has 1 aromatic rings. The van der Waals surface area contributed by atoms with Gasteiger partial charge in [0.1, 0.15) is 0 Å². The van der Waals surface area contributed by atoms with Gasteiger partial charge in [-0.1, -0.05) is 0 Å². The fourth-order valence-corrected chi connectivity index (χ4v) is 0.731. The van der Waals surface area contributed by atoms with Gasteiger partial charge in [-0.2, -0.15) is 0 Å². The number of H-pyrrole nitrogens is 2. The van der Waals surface area contributed by atoms with Crippen LogP contribution in [0.25, 0.3) is 0 Å². The normalized spacial score (nSPS) is 11.6. The van der Waals surface area contributed by atoms with Crippen molar-refractivity contribution in [3.8, 4) is 0 Å². The second-order valence-electron chi connectivity index (χ2n) is 2.23. The van der Waals surface area contributed by atoms with E-state index in [9.17, 15) is 4.79 Å². The summed E-state index contributed by atoms with van der Waals surface area (Å²) in [5.74, 6) is 0.344. The Balaban J connectivity index is 2.49. The van der Waals surface area contributed by atoms with Crippen molar-refractivity contribution in [1.82, 2.24) is 15.3 Å². The first kappa shape index (κ1) is 8.38. The van der Waals surface area contributed by atoms with Gasteiger partial charge < -0.3 is 21.0 Å². The standard InChI is InChI=1S/C6H11N5O/c1-8-5(7)9-2-4-3-10-6(12)11-4/h3H,2H2,1H3,(H3,7,8,9)(H2,10,11,12). The van der Waals surface area contributed by atoms with Crippen LogP contribution in [0.15, 0.2) is 16.0 Å². The highest BCUT2D eigenvalue weighted by Gasteiger charge is 1.94. The average molecular weight is 169 g/mol. The van der Waals surface area contributed by atoms with E-state index < -0.39 is 0 Å². The molecule has 1 aromatic heterocycles. The Labute approximate surface area is 68.9 Å². The maximum atomic E-state index is 10.6. The van der Waals surface area contributed by atoms with E-state index in [2.05, 4.69) is 20.3 Å². The molecule has 0 spiro atoms. The van der Waals surface area contributed by atoms with Gasteiger partial charge in [-0.05, 0) is 0 Å². The number of hydrogen-bond donors (Lipinski definition) is 4. The van der Waals surface area contributed by atoms with Crippen molar-refractivity contribution >= 4 is 5.96 Å². The minimum absolute atomic E-state index is 0.223. The summed E-state index contributed by atoms with van der Waals surface area (Å²) in [6.45, 7) is 0.460. The molecule has 0 aliphatic rings. The average Bonchev–Trinajstić information content (AvgIpc) is 2.47. The molecule has 0 saturated heterocycles. The zero-order chi connectivity index (χ0) is 8.97. The number of rotatable bonds is 2. The second-order valence-corrected chi connectivity index (χ2v) is 2.23. The molecule has 6 heteroatoms. The van der Waals surface area contributed by atoms with Crippen LogP contribution >= 0.6 is 0 Å². The summed E-state index contributed by atoms with van der Waals surface area (Å²) in [7, 11) is 1.59. The highest BCUT2D eigenvalue weighted by molar-refractivity contribution is 5.77. The fourth-order valence-electron chi connectivity index (χ4n) is 0.731. The lowest BCUT2D eigenvalue weighted by Crippen LogP contribution is -2.30. The van der Waals surface area contributed by atoms with E-state index >= 15 is 0 Å². The maximum absolute atomic E-state index is 10.6. The molecule has 0 amide bonds. The first-order valence-electron chi connectivity index (χ1n) is 3.45. The summed E-state index contributed by atoms with van der Waals surface area (Å²) in [6, 6.07) is 0. The van der Waals surface area contributed by atoms with Crippen LogP contribution in [0, 0.1) is 0 Å². The molecule has 0 radical (unpaired) electrons. The largest absolute Gasteiger partial charge is 0.370 e. The molecule has 0 aliphatic heterocycles. The number of guanidine groups is 1. The van der Waals surface area contributed by atoms with E-state index in [1.807, 2.05) is 0 Å². The topological polar surface area (TPSA) is 99.1 Å². The molecule has 6 nitrogen and oxygen atoms in total. The van der Waals surface area contributed by atoms with E-state index in [0.717, 1.165) is 5.69 Å². The van der Waals surface area contributed by atoms with Crippen LogP contribution in [0.1, 0.15) is 5.69 Å². The van der Waals surface area contributed by atoms with Crippen LogP contribution in [-0.2, 0) is 6.54 Å². The minimum atomic E-state index is -0.223. The smallest absolute Gasteiger partial charge is 0.323 e. The van der Waals surface area contributed by atoms with Crippen molar-refractivity contribution in [2.24, 2.45) is 10.7 Å². The molecule has 66 valence electrons. The Hall–Kier alpha value is -1.72. The van der Waals surface area contributed by atoms with Crippen molar-refractivity contribution < 1.29 is 0 Å². The quantitative estimate of drug-likeness (QED) is 0.328. The van der Waals surface area contributed by atoms with Gasteiger partial charge in [0.05, 0.1) is 12.2 Å². The molecule has 0 aromatic carbocycles. The summed E-state index contributed by atoms with van der Waals surface area (Å²) in [5, 5.41) is 2.80. The van der Waals surface area contributed by atoms with Crippen molar-refractivity contribution in [2.45, 2.75) is 6.54 Å². The Bertz CT molecular complexity index is 323. The summed E-state index contributed by atoms with van der Waals surface area (Å²) in [5.41, 5.74) is 5.88. The minimum Gasteiger partial charge on any atom is -0.370 e.